The first-order chi connectivity index (χ1) is 10.1. The van der Waals surface area contributed by atoms with E-state index in [2.05, 4.69) is 20.2 Å². The number of carbonyl (C=O) groups is 1. The summed E-state index contributed by atoms with van der Waals surface area (Å²) >= 11 is 0. The van der Waals surface area contributed by atoms with E-state index < -0.39 is 0 Å². The van der Waals surface area contributed by atoms with E-state index in [1.165, 1.54) is 0 Å². The summed E-state index contributed by atoms with van der Waals surface area (Å²) in [4.78, 5) is 25.0. The minimum absolute atomic E-state index is 0.221. The van der Waals surface area contributed by atoms with Gasteiger partial charge in [0.05, 0.1) is 0 Å². The normalized spacial score (nSPS) is 22.0. The number of amides is 1. The number of carbonyl (C=O) groups excluding carboxylic acids is 1. The molecule has 1 aliphatic carbocycles. The molecule has 1 N–H and O–H groups in total. The van der Waals surface area contributed by atoms with Gasteiger partial charge < -0.3 is 15.1 Å². The molecule has 1 atom stereocenters. The maximum atomic E-state index is 11.9. The molecule has 0 aromatic carbocycles. The van der Waals surface area contributed by atoms with Crippen molar-refractivity contribution in [3.05, 3.63) is 12.3 Å². The van der Waals surface area contributed by atoms with Crippen LogP contribution < -0.4 is 15.1 Å². The van der Waals surface area contributed by atoms with Crippen LogP contribution in [0.1, 0.15) is 25.7 Å². The van der Waals surface area contributed by atoms with Gasteiger partial charge in [0.15, 0.2) is 0 Å². The number of nitrogens with one attached hydrogen (secondary N) is 1. The second-order valence-electron chi connectivity index (χ2n) is 6.18. The van der Waals surface area contributed by atoms with Crippen molar-refractivity contribution < 1.29 is 4.79 Å². The average Bonchev–Trinajstić information content (AvgIpc) is 3.32. The molecule has 1 unspecified atom stereocenters. The molecular weight excluding hydrogens is 266 g/mol. The van der Waals surface area contributed by atoms with E-state index in [0.29, 0.717) is 0 Å². The van der Waals surface area contributed by atoms with Crippen molar-refractivity contribution in [1.82, 2.24) is 15.3 Å². The maximum absolute atomic E-state index is 11.9. The second kappa shape index (κ2) is 5.87. The Kier molecular flexibility index (Phi) is 3.94. The van der Waals surface area contributed by atoms with Crippen molar-refractivity contribution in [2.75, 3.05) is 37.0 Å². The van der Waals surface area contributed by atoms with Gasteiger partial charge in [-0.1, -0.05) is 0 Å². The highest BCUT2D eigenvalue weighted by Crippen LogP contribution is 2.29. The van der Waals surface area contributed by atoms with Crippen molar-refractivity contribution in [1.29, 1.82) is 0 Å². The molecule has 1 aromatic rings. The highest BCUT2D eigenvalue weighted by molar-refractivity contribution is 5.81. The summed E-state index contributed by atoms with van der Waals surface area (Å²) in [6, 6.07) is 2.12. The average molecular weight is 289 g/mol. The van der Waals surface area contributed by atoms with Crippen LogP contribution >= 0.6 is 0 Å². The lowest BCUT2D eigenvalue weighted by atomic mass is 10.1. The first-order valence-corrected chi connectivity index (χ1v) is 7.69. The van der Waals surface area contributed by atoms with Gasteiger partial charge in [0.1, 0.15) is 5.82 Å². The van der Waals surface area contributed by atoms with Gasteiger partial charge in [-0.2, -0.15) is 4.98 Å². The molecule has 2 heterocycles. The number of nitrogens with zero attached hydrogens (tertiary/aromatic N) is 4. The van der Waals surface area contributed by atoms with Crippen LogP contribution in [0.4, 0.5) is 11.8 Å². The molecule has 114 valence electrons. The van der Waals surface area contributed by atoms with Crippen LogP contribution in [0.5, 0.6) is 0 Å². The van der Waals surface area contributed by atoms with Gasteiger partial charge in [0, 0.05) is 45.3 Å². The zero-order valence-corrected chi connectivity index (χ0v) is 12.7. The van der Waals surface area contributed by atoms with Crippen molar-refractivity contribution in [2.45, 2.75) is 31.7 Å². The van der Waals surface area contributed by atoms with Crippen LogP contribution in [-0.2, 0) is 4.79 Å². The molecule has 0 radical (unpaired) electrons. The third-order valence-electron chi connectivity index (χ3n) is 4.09. The molecule has 21 heavy (non-hydrogen) atoms. The van der Waals surface area contributed by atoms with Crippen LogP contribution in [-0.4, -0.2) is 49.1 Å². The van der Waals surface area contributed by atoms with Gasteiger partial charge in [0.2, 0.25) is 11.9 Å². The van der Waals surface area contributed by atoms with Gasteiger partial charge in [-0.05, 0) is 31.7 Å². The van der Waals surface area contributed by atoms with Gasteiger partial charge in [-0.15, -0.1) is 0 Å². The van der Waals surface area contributed by atoms with Crippen LogP contribution in [0, 0.1) is 5.92 Å². The summed E-state index contributed by atoms with van der Waals surface area (Å²) in [7, 11) is 3.95. The Morgan fingerprint density at radius 3 is 2.90 bits per heavy atom. The van der Waals surface area contributed by atoms with E-state index >= 15 is 0 Å². The van der Waals surface area contributed by atoms with E-state index in [1.54, 1.807) is 6.20 Å². The lowest BCUT2D eigenvalue weighted by Gasteiger charge is -2.33. The van der Waals surface area contributed by atoms with E-state index in [1.807, 2.05) is 25.1 Å². The minimum Gasteiger partial charge on any atom is -0.363 e. The van der Waals surface area contributed by atoms with Gasteiger partial charge in [0.25, 0.3) is 0 Å². The topological polar surface area (TPSA) is 61.4 Å². The molecule has 0 bridgehead atoms. The number of anilines is 2. The Morgan fingerprint density at radius 2 is 2.19 bits per heavy atom. The van der Waals surface area contributed by atoms with Crippen molar-refractivity contribution in [3.8, 4) is 0 Å². The number of rotatable bonds is 4. The van der Waals surface area contributed by atoms with Crippen LogP contribution in [0.3, 0.4) is 0 Å². The Morgan fingerprint density at radius 1 is 1.38 bits per heavy atom. The first kappa shape index (κ1) is 14.1. The van der Waals surface area contributed by atoms with Crippen LogP contribution in [0.25, 0.3) is 0 Å². The molecule has 2 fully saturated rings. The van der Waals surface area contributed by atoms with Gasteiger partial charge >= 0.3 is 0 Å². The quantitative estimate of drug-likeness (QED) is 0.897. The predicted molar refractivity (Wildman–Crippen MR) is 82.5 cm³/mol. The largest absolute Gasteiger partial charge is 0.363 e. The summed E-state index contributed by atoms with van der Waals surface area (Å²) in [5.41, 5.74) is 0. The van der Waals surface area contributed by atoms with Gasteiger partial charge in [-0.25, -0.2) is 4.98 Å². The third kappa shape index (κ3) is 3.43. The molecule has 2 aliphatic rings. The molecule has 0 spiro atoms. The number of hydrogen-bond acceptors (Lipinski definition) is 5. The summed E-state index contributed by atoms with van der Waals surface area (Å²) in [6.07, 6.45) is 6.00. The lowest BCUT2D eigenvalue weighted by Crippen LogP contribution is -2.48. The molecule has 1 aliphatic heterocycles. The maximum Gasteiger partial charge on any atom is 0.227 e. The van der Waals surface area contributed by atoms with Crippen molar-refractivity contribution >= 4 is 17.7 Å². The Balaban J connectivity index is 1.64. The molecule has 6 heteroatoms. The van der Waals surface area contributed by atoms with E-state index in [-0.39, 0.29) is 17.9 Å². The van der Waals surface area contributed by atoms with Crippen LogP contribution in [0.2, 0.25) is 0 Å². The smallest absolute Gasteiger partial charge is 0.227 e. The molecular formula is C15H23N5O. The monoisotopic (exact) mass is 289 g/mol. The highest BCUT2D eigenvalue weighted by atomic mass is 16.2. The SMILES string of the molecule is CN(C)c1ccnc(N2CCCC(NC(=O)C3CC3)C2)n1. The molecule has 1 saturated carbocycles. The lowest BCUT2D eigenvalue weighted by molar-refractivity contribution is -0.123. The predicted octanol–water partition coefficient (Wildman–Crippen LogP) is 1.04. The highest BCUT2D eigenvalue weighted by Gasteiger charge is 2.32. The van der Waals surface area contributed by atoms with Crippen molar-refractivity contribution in [3.63, 3.8) is 0 Å². The fraction of sp³-hybridized carbons (Fsp3) is 0.667. The number of hydrogen-bond donors (Lipinski definition) is 1. The third-order valence-corrected chi connectivity index (χ3v) is 4.09. The minimum atomic E-state index is 0.221. The fourth-order valence-corrected chi connectivity index (χ4v) is 2.68. The molecule has 1 saturated heterocycles. The first-order valence-electron chi connectivity index (χ1n) is 7.69. The molecule has 6 nitrogen and oxygen atoms in total. The zero-order chi connectivity index (χ0) is 14.8. The molecule has 1 amide bonds. The standard InChI is InChI=1S/C15H23N5O/c1-19(2)13-7-8-16-15(18-13)20-9-3-4-12(10-20)17-14(21)11-5-6-11/h7-8,11-12H,3-6,9-10H2,1-2H3,(H,17,21). The fourth-order valence-electron chi connectivity index (χ4n) is 2.68. The van der Waals surface area contributed by atoms with Crippen LogP contribution in [0.15, 0.2) is 12.3 Å². The molecule has 1 aromatic heterocycles. The second-order valence-corrected chi connectivity index (χ2v) is 6.18. The van der Waals surface area contributed by atoms with E-state index in [4.69, 9.17) is 0 Å². The van der Waals surface area contributed by atoms with Gasteiger partial charge in [-0.3, -0.25) is 4.79 Å². The zero-order valence-electron chi connectivity index (χ0n) is 12.7. The summed E-state index contributed by atoms with van der Waals surface area (Å²) in [5, 5.41) is 3.17. The van der Waals surface area contributed by atoms with E-state index in [0.717, 1.165) is 50.5 Å². The Bertz CT molecular complexity index is 515. The van der Waals surface area contributed by atoms with Crippen molar-refractivity contribution in [2.24, 2.45) is 5.92 Å². The Labute approximate surface area is 125 Å². The number of piperidine rings is 1. The number of aromatic nitrogens is 2. The summed E-state index contributed by atoms with van der Waals surface area (Å²) in [5.74, 6) is 2.16. The van der Waals surface area contributed by atoms with E-state index in [9.17, 15) is 4.79 Å². The summed E-state index contributed by atoms with van der Waals surface area (Å²) in [6.45, 7) is 1.75. The Hall–Kier alpha value is -1.85. The molecule has 3 rings (SSSR count). The summed E-state index contributed by atoms with van der Waals surface area (Å²) < 4.78 is 0.